The van der Waals surface area contributed by atoms with Crippen LogP contribution >= 0.6 is 28.1 Å². The zero-order valence-corrected chi connectivity index (χ0v) is 12.4. The van der Waals surface area contributed by atoms with E-state index < -0.39 is 0 Å². The Labute approximate surface area is 110 Å². The summed E-state index contributed by atoms with van der Waals surface area (Å²) < 4.78 is 0. The van der Waals surface area contributed by atoms with Crippen LogP contribution in [-0.4, -0.2) is 21.4 Å². The standard InChI is InChI=1S/C10H18BrN3OS/c1-9(2,3)12-8(16)14-13-7(15)10(4)5-6(10)11/h6H,5H2,1-4H3,(H,13,15)(H2,12,14,16)/t6-,10-/m1/s1. The molecule has 1 rings (SSSR count). The highest BCUT2D eigenvalue weighted by atomic mass is 79.9. The Kier molecular flexibility index (Phi) is 3.84. The first kappa shape index (κ1) is 13.7. The zero-order chi connectivity index (χ0) is 12.6. The number of hydrogen-bond acceptors (Lipinski definition) is 2. The van der Waals surface area contributed by atoms with Gasteiger partial charge in [-0.2, -0.15) is 0 Å². The normalized spacial score (nSPS) is 28.2. The van der Waals surface area contributed by atoms with Crippen molar-refractivity contribution in [2.75, 3.05) is 0 Å². The van der Waals surface area contributed by atoms with Gasteiger partial charge in [0.1, 0.15) is 0 Å². The molecule has 0 unspecified atom stereocenters. The van der Waals surface area contributed by atoms with Crippen molar-refractivity contribution in [1.29, 1.82) is 0 Å². The highest BCUT2D eigenvalue weighted by molar-refractivity contribution is 9.09. The monoisotopic (exact) mass is 307 g/mol. The van der Waals surface area contributed by atoms with Crippen molar-refractivity contribution in [3.8, 4) is 0 Å². The maximum atomic E-state index is 11.7. The van der Waals surface area contributed by atoms with Gasteiger partial charge < -0.3 is 5.32 Å². The third-order valence-electron chi connectivity index (χ3n) is 2.43. The van der Waals surface area contributed by atoms with Crippen LogP contribution in [0.4, 0.5) is 0 Å². The van der Waals surface area contributed by atoms with Crippen molar-refractivity contribution in [2.24, 2.45) is 5.41 Å². The van der Waals surface area contributed by atoms with Crippen LogP contribution in [0.25, 0.3) is 0 Å². The number of hydrogen-bond donors (Lipinski definition) is 3. The lowest BCUT2D eigenvalue weighted by Crippen LogP contribution is -2.53. The van der Waals surface area contributed by atoms with Crippen LogP contribution in [0.5, 0.6) is 0 Å². The van der Waals surface area contributed by atoms with Gasteiger partial charge in [-0.15, -0.1) is 0 Å². The van der Waals surface area contributed by atoms with Crippen molar-refractivity contribution >= 4 is 39.2 Å². The van der Waals surface area contributed by atoms with E-state index in [9.17, 15) is 4.79 Å². The molecular weight excluding hydrogens is 290 g/mol. The van der Waals surface area contributed by atoms with Crippen LogP contribution in [0.15, 0.2) is 0 Å². The van der Waals surface area contributed by atoms with Gasteiger partial charge in [-0.25, -0.2) is 0 Å². The summed E-state index contributed by atoms with van der Waals surface area (Å²) in [4.78, 5) is 12.0. The smallest absolute Gasteiger partial charge is 0.245 e. The first-order valence-corrected chi connectivity index (χ1v) is 6.50. The van der Waals surface area contributed by atoms with Crippen LogP contribution in [0, 0.1) is 5.41 Å². The summed E-state index contributed by atoms with van der Waals surface area (Å²) in [6.07, 6.45) is 0.861. The molecule has 0 saturated heterocycles. The number of carbonyl (C=O) groups excluding carboxylic acids is 1. The topological polar surface area (TPSA) is 53.2 Å². The number of thiocarbonyl (C=S) groups is 1. The molecule has 2 atom stereocenters. The van der Waals surface area contributed by atoms with Gasteiger partial charge >= 0.3 is 0 Å². The molecule has 0 aromatic rings. The van der Waals surface area contributed by atoms with Gasteiger partial charge in [0.2, 0.25) is 5.91 Å². The second-order valence-electron chi connectivity index (χ2n) is 5.37. The third-order valence-corrected chi connectivity index (χ3v) is 3.97. The SMILES string of the molecule is CC(C)(C)NC(=S)NNC(=O)[C@]1(C)C[C@H]1Br. The Hall–Kier alpha value is -0.360. The molecular formula is C10H18BrN3OS. The van der Waals surface area contributed by atoms with E-state index in [2.05, 4.69) is 32.1 Å². The number of hydrazine groups is 1. The van der Waals surface area contributed by atoms with Crippen molar-refractivity contribution in [2.45, 2.75) is 44.5 Å². The molecule has 16 heavy (non-hydrogen) atoms. The summed E-state index contributed by atoms with van der Waals surface area (Å²) in [5, 5.41) is 3.48. The summed E-state index contributed by atoms with van der Waals surface area (Å²) in [5.41, 5.74) is 4.91. The van der Waals surface area contributed by atoms with Gasteiger partial charge in [-0.3, -0.25) is 15.6 Å². The van der Waals surface area contributed by atoms with Crippen molar-refractivity contribution in [3.05, 3.63) is 0 Å². The second kappa shape index (κ2) is 4.49. The molecule has 1 saturated carbocycles. The zero-order valence-electron chi connectivity index (χ0n) is 9.98. The fraction of sp³-hybridized carbons (Fsp3) is 0.800. The minimum atomic E-state index is -0.301. The Bertz CT molecular complexity index is 316. The number of rotatable bonds is 1. The summed E-state index contributed by atoms with van der Waals surface area (Å²) in [7, 11) is 0. The lowest BCUT2D eigenvalue weighted by molar-refractivity contribution is -0.126. The summed E-state index contributed by atoms with van der Waals surface area (Å²) in [5.74, 6) is -0.0348. The Morgan fingerprint density at radius 1 is 1.44 bits per heavy atom. The number of amides is 1. The fourth-order valence-electron chi connectivity index (χ4n) is 1.18. The highest BCUT2D eigenvalue weighted by Gasteiger charge is 2.54. The molecule has 0 aromatic carbocycles. The summed E-state index contributed by atoms with van der Waals surface area (Å²) >= 11 is 8.47. The van der Waals surface area contributed by atoms with E-state index in [0.717, 1.165) is 6.42 Å². The summed E-state index contributed by atoms with van der Waals surface area (Å²) in [6.45, 7) is 7.92. The lowest BCUT2D eigenvalue weighted by Gasteiger charge is -2.23. The fourth-order valence-corrected chi connectivity index (χ4v) is 2.41. The van der Waals surface area contributed by atoms with E-state index in [1.54, 1.807) is 0 Å². The number of alkyl halides is 1. The molecule has 0 aliphatic heterocycles. The minimum absolute atomic E-state index is 0.0348. The van der Waals surface area contributed by atoms with Crippen LogP contribution < -0.4 is 16.2 Å². The minimum Gasteiger partial charge on any atom is -0.357 e. The van der Waals surface area contributed by atoms with E-state index in [4.69, 9.17) is 12.2 Å². The van der Waals surface area contributed by atoms with E-state index in [-0.39, 0.29) is 21.7 Å². The Morgan fingerprint density at radius 2 is 1.94 bits per heavy atom. The van der Waals surface area contributed by atoms with E-state index >= 15 is 0 Å². The maximum absolute atomic E-state index is 11.7. The van der Waals surface area contributed by atoms with Gasteiger partial charge in [0, 0.05) is 10.4 Å². The van der Waals surface area contributed by atoms with Crippen molar-refractivity contribution in [3.63, 3.8) is 0 Å². The molecule has 1 aliphatic carbocycles. The number of carbonyl (C=O) groups is 1. The van der Waals surface area contributed by atoms with Gasteiger partial charge in [0.15, 0.2) is 5.11 Å². The quantitative estimate of drug-likeness (QED) is 0.390. The van der Waals surface area contributed by atoms with E-state index in [1.807, 2.05) is 27.7 Å². The van der Waals surface area contributed by atoms with Crippen LogP contribution in [-0.2, 0) is 4.79 Å². The molecule has 0 heterocycles. The molecule has 1 fully saturated rings. The van der Waals surface area contributed by atoms with E-state index in [1.165, 1.54) is 0 Å². The predicted molar refractivity (Wildman–Crippen MR) is 72.2 cm³/mol. The third kappa shape index (κ3) is 3.59. The highest BCUT2D eigenvalue weighted by Crippen LogP contribution is 2.51. The molecule has 0 radical (unpaired) electrons. The Balaban J connectivity index is 2.30. The largest absolute Gasteiger partial charge is 0.357 e. The van der Waals surface area contributed by atoms with Crippen LogP contribution in [0.2, 0.25) is 0 Å². The predicted octanol–water partition coefficient (Wildman–Crippen LogP) is 1.45. The molecule has 0 spiro atoms. The molecule has 92 valence electrons. The average molecular weight is 308 g/mol. The first-order chi connectivity index (χ1) is 7.15. The number of nitrogens with one attached hydrogen (secondary N) is 3. The van der Waals surface area contributed by atoms with Crippen molar-refractivity contribution < 1.29 is 4.79 Å². The molecule has 0 bridgehead atoms. The average Bonchev–Trinajstić information content (AvgIpc) is 2.69. The number of halogens is 1. The molecule has 1 amide bonds. The van der Waals surface area contributed by atoms with E-state index in [0.29, 0.717) is 5.11 Å². The van der Waals surface area contributed by atoms with Crippen LogP contribution in [0.3, 0.4) is 0 Å². The lowest BCUT2D eigenvalue weighted by atomic mass is 10.1. The summed E-state index contributed by atoms with van der Waals surface area (Å²) in [6, 6.07) is 0. The van der Waals surface area contributed by atoms with Gasteiger partial charge in [0.25, 0.3) is 0 Å². The molecule has 1 aliphatic rings. The Morgan fingerprint density at radius 3 is 2.31 bits per heavy atom. The van der Waals surface area contributed by atoms with Gasteiger partial charge in [0.05, 0.1) is 5.41 Å². The molecule has 4 nitrogen and oxygen atoms in total. The molecule has 6 heteroatoms. The molecule has 3 N–H and O–H groups in total. The van der Waals surface area contributed by atoms with Gasteiger partial charge in [-0.05, 0) is 46.3 Å². The maximum Gasteiger partial charge on any atom is 0.245 e. The second-order valence-corrected chi connectivity index (χ2v) is 6.89. The van der Waals surface area contributed by atoms with Crippen molar-refractivity contribution in [1.82, 2.24) is 16.2 Å². The first-order valence-electron chi connectivity index (χ1n) is 5.18. The van der Waals surface area contributed by atoms with Crippen LogP contribution in [0.1, 0.15) is 34.1 Å². The molecule has 0 aromatic heterocycles. The van der Waals surface area contributed by atoms with Gasteiger partial charge in [-0.1, -0.05) is 15.9 Å².